The highest BCUT2D eigenvalue weighted by Gasteiger charge is 2.13. The van der Waals surface area contributed by atoms with Crippen molar-refractivity contribution in [2.75, 3.05) is 33.9 Å². The predicted octanol–water partition coefficient (Wildman–Crippen LogP) is 2.35. The maximum Gasteiger partial charge on any atom is 0.307 e. The first-order valence-electron chi connectivity index (χ1n) is 7.52. The number of para-hydroxylation sites is 1. The Morgan fingerprint density at radius 3 is 2.75 bits per heavy atom. The van der Waals surface area contributed by atoms with E-state index in [-0.39, 0.29) is 18.3 Å². The van der Waals surface area contributed by atoms with Crippen LogP contribution in [0.4, 0.5) is 0 Å². The van der Waals surface area contributed by atoms with E-state index in [4.69, 9.17) is 4.74 Å². The Kier molecular flexibility index (Phi) is 6.89. The van der Waals surface area contributed by atoms with Crippen LogP contribution in [0.25, 0.3) is 16.3 Å². The maximum atomic E-state index is 12.3. The molecule has 0 aliphatic rings. The summed E-state index contributed by atoms with van der Waals surface area (Å²) in [6.07, 6.45) is 3.33. The Balaban J connectivity index is 2.02. The van der Waals surface area contributed by atoms with Gasteiger partial charge in [-0.05, 0) is 18.2 Å². The molecule has 7 heteroatoms. The quantitative estimate of drug-likeness (QED) is 0.541. The number of benzene rings is 1. The molecule has 1 heterocycles. The van der Waals surface area contributed by atoms with Crippen molar-refractivity contribution in [1.29, 1.82) is 0 Å². The largest absolute Gasteiger partial charge is 0.469 e. The number of fused-ring (bicyclic) bond motifs is 1. The van der Waals surface area contributed by atoms with Gasteiger partial charge in [-0.3, -0.25) is 9.59 Å². The van der Waals surface area contributed by atoms with E-state index in [2.05, 4.69) is 9.72 Å². The van der Waals surface area contributed by atoms with Crippen molar-refractivity contribution < 1.29 is 19.1 Å². The standard InChI is InChI=1S/C17H20N2O4S/c1-22-12-11-19(10-9-17(21)23-2)16(20)8-7-15-18-13-5-3-4-6-14(13)24-15/h3-8H,9-12H2,1-2H3/b8-7+. The third kappa shape index (κ3) is 5.14. The number of nitrogens with zero attached hydrogens (tertiary/aromatic N) is 2. The number of thiazole rings is 1. The molecule has 0 fully saturated rings. The summed E-state index contributed by atoms with van der Waals surface area (Å²) in [4.78, 5) is 29.6. The fraction of sp³-hybridized carbons (Fsp3) is 0.353. The second-order valence-corrected chi connectivity index (χ2v) is 6.06. The van der Waals surface area contributed by atoms with Gasteiger partial charge in [-0.25, -0.2) is 4.98 Å². The third-order valence-corrected chi connectivity index (χ3v) is 4.37. The zero-order valence-corrected chi connectivity index (χ0v) is 14.5. The van der Waals surface area contributed by atoms with Gasteiger partial charge in [-0.1, -0.05) is 12.1 Å². The Morgan fingerprint density at radius 1 is 1.25 bits per heavy atom. The third-order valence-electron chi connectivity index (χ3n) is 3.37. The number of rotatable bonds is 8. The molecule has 0 aliphatic heterocycles. The second-order valence-electron chi connectivity index (χ2n) is 5.00. The van der Waals surface area contributed by atoms with Crippen LogP contribution in [-0.4, -0.2) is 55.7 Å². The van der Waals surface area contributed by atoms with Gasteiger partial charge in [-0.15, -0.1) is 11.3 Å². The SMILES string of the molecule is COCCN(CCC(=O)OC)C(=O)/C=C/c1nc2ccccc2s1. The minimum atomic E-state index is -0.347. The first-order chi connectivity index (χ1) is 11.6. The van der Waals surface area contributed by atoms with Crippen LogP contribution in [0.5, 0.6) is 0 Å². The summed E-state index contributed by atoms with van der Waals surface area (Å²) in [5.74, 6) is -0.532. The van der Waals surface area contributed by atoms with Gasteiger partial charge in [0.25, 0.3) is 0 Å². The number of ether oxygens (including phenoxy) is 2. The fourth-order valence-electron chi connectivity index (χ4n) is 2.07. The van der Waals surface area contributed by atoms with Gasteiger partial charge in [0.15, 0.2) is 0 Å². The van der Waals surface area contributed by atoms with E-state index in [0.29, 0.717) is 19.7 Å². The normalized spacial score (nSPS) is 11.1. The van der Waals surface area contributed by atoms with E-state index in [9.17, 15) is 9.59 Å². The van der Waals surface area contributed by atoms with Crippen LogP contribution in [0, 0.1) is 0 Å². The van der Waals surface area contributed by atoms with Crippen LogP contribution in [0.2, 0.25) is 0 Å². The van der Waals surface area contributed by atoms with Gasteiger partial charge in [0.05, 0.1) is 30.4 Å². The highest BCUT2D eigenvalue weighted by Crippen LogP contribution is 2.22. The molecule has 1 aromatic heterocycles. The van der Waals surface area contributed by atoms with Crippen LogP contribution in [-0.2, 0) is 19.1 Å². The zero-order valence-electron chi connectivity index (χ0n) is 13.7. The van der Waals surface area contributed by atoms with E-state index in [1.54, 1.807) is 18.1 Å². The topological polar surface area (TPSA) is 68.7 Å². The van der Waals surface area contributed by atoms with Gasteiger partial charge in [-0.2, -0.15) is 0 Å². The van der Waals surface area contributed by atoms with Crippen LogP contribution in [0.3, 0.4) is 0 Å². The summed E-state index contributed by atoms with van der Waals surface area (Å²) in [5, 5.41) is 0.768. The lowest BCUT2D eigenvalue weighted by Crippen LogP contribution is -2.34. The lowest BCUT2D eigenvalue weighted by Gasteiger charge is -2.20. The summed E-state index contributed by atoms with van der Waals surface area (Å²) in [6.45, 7) is 1.11. The highest BCUT2D eigenvalue weighted by molar-refractivity contribution is 7.19. The minimum Gasteiger partial charge on any atom is -0.469 e. The number of hydrogen-bond acceptors (Lipinski definition) is 6. The lowest BCUT2D eigenvalue weighted by atomic mass is 10.3. The van der Waals surface area contributed by atoms with Crippen LogP contribution < -0.4 is 0 Å². The number of aromatic nitrogens is 1. The number of carbonyl (C=O) groups excluding carboxylic acids is 2. The van der Waals surface area contributed by atoms with Gasteiger partial charge < -0.3 is 14.4 Å². The Bertz CT molecular complexity index is 693. The van der Waals surface area contributed by atoms with E-state index < -0.39 is 0 Å². The Morgan fingerprint density at radius 2 is 2.04 bits per heavy atom. The van der Waals surface area contributed by atoms with Crippen LogP contribution in [0.15, 0.2) is 30.3 Å². The van der Waals surface area contributed by atoms with Gasteiger partial charge in [0.1, 0.15) is 5.01 Å². The van der Waals surface area contributed by atoms with Crippen LogP contribution >= 0.6 is 11.3 Å². The second kappa shape index (κ2) is 9.14. The van der Waals surface area contributed by atoms with Crippen molar-refractivity contribution in [3.63, 3.8) is 0 Å². The number of esters is 1. The van der Waals surface area contributed by atoms with Gasteiger partial charge in [0.2, 0.25) is 5.91 Å². The van der Waals surface area contributed by atoms with E-state index in [1.807, 2.05) is 24.3 Å². The Hall–Kier alpha value is -2.25. The van der Waals surface area contributed by atoms with Crippen molar-refractivity contribution in [2.45, 2.75) is 6.42 Å². The molecule has 0 radical (unpaired) electrons. The van der Waals surface area contributed by atoms with Crippen molar-refractivity contribution in [3.8, 4) is 0 Å². The Labute approximate surface area is 144 Å². The van der Waals surface area contributed by atoms with Crippen molar-refractivity contribution in [3.05, 3.63) is 35.3 Å². The average Bonchev–Trinajstić information content (AvgIpc) is 3.02. The number of amides is 1. The maximum absolute atomic E-state index is 12.3. The summed E-state index contributed by atoms with van der Waals surface area (Å²) < 4.78 is 10.7. The fourth-order valence-corrected chi connectivity index (χ4v) is 2.94. The summed E-state index contributed by atoms with van der Waals surface area (Å²) >= 11 is 1.52. The molecular formula is C17H20N2O4S. The van der Waals surface area contributed by atoms with E-state index in [1.165, 1.54) is 24.5 Å². The number of hydrogen-bond donors (Lipinski definition) is 0. The molecule has 0 saturated heterocycles. The monoisotopic (exact) mass is 348 g/mol. The van der Waals surface area contributed by atoms with Crippen molar-refractivity contribution >= 4 is 39.5 Å². The summed E-state index contributed by atoms with van der Waals surface area (Å²) in [6, 6.07) is 7.82. The molecular weight excluding hydrogens is 328 g/mol. The molecule has 6 nitrogen and oxygen atoms in total. The number of methoxy groups -OCH3 is 2. The molecule has 2 rings (SSSR count). The minimum absolute atomic E-state index is 0.154. The summed E-state index contributed by atoms with van der Waals surface area (Å²) in [5.41, 5.74) is 0.913. The molecule has 1 aromatic carbocycles. The summed E-state index contributed by atoms with van der Waals surface area (Å²) in [7, 11) is 2.90. The molecule has 24 heavy (non-hydrogen) atoms. The van der Waals surface area contributed by atoms with E-state index >= 15 is 0 Å². The average molecular weight is 348 g/mol. The molecule has 128 valence electrons. The van der Waals surface area contributed by atoms with Gasteiger partial charge in [0, 0.05) is 26.3 Å². The number of carbonyl (C=O) groups is 2. The molecule has 0 spiro atoms. The van der Waals surface area contributed by atoms with Crippen molar-refractivity contribution in [1.82, 2.24) is 9.88 Å². The molecule has 1 amide bonds. The van der Waals surface area contributed by atoms with Crippen LogP contribution in [0.1, 0.15) is 11.4 Å². The predicted molar refractivity (Wildman–Crippen MR) is 93.7 cm³/mol. The van der Waals surface area contributed by atoms with Crippen molar-refractivity contribution in [2.24, 2.45) is 0 Å². The molecule has 0 saturated carbocycles. The molecule has 2 aromatic rings. The molecule has 0 atom stereocenters. The zero-order chi connectivity index (χ0) is 17.4. The highest BCUT2D eigenvalue weighted by atomic mass is 32.1. The van der Waals surface area contributed by atoms with Gasteiger partial charge >= 0.3 is 5.97 Å². The molecule has 0 unspecified atom stereocenters. The molecule has 0 N–H and O–H groups in total. The first-order valence-corrected chi connectivity index (χ1v) is 8.34. The van der Waals surface area contributed by atoms with E-state index in [0.717, 1.165) is 15.2 Å². The smallest absolute Gasteiger partial charge is 0.307 e. The first kappa shape index (κ1) is 18.1. The molecule has 0 aliphatic carbocycles. The molecule has 0 bridgehead atoms. The lowest BCUT2D eigenvalue weighted by molar-refractivity contribution is -0.141.